The van der Waals surface area contributed by atoms with Gasteiger partial charge in [-0.15, -0.1) is 0 Å². The molecule has 6 nitrogen and oxygen atoms in total. The standard InChI is InChI=1S/C16H23N3O3/c1-12(18-15-9-17-19(10-15)6-7-20)13-4-5-16(22-3)14(8-13)11-21-2/h4-5,8-10,12,18,20H,6-7,11H2,1-3H3. The Balaban J connectivity index is 2.10. The summed E-state index contributed by atoms with van der Waals surface area (Å²) in [6, 6.07) is 6.19. The predicted molar refractivity (Wildman–Crippen MR) is 85.1 cm³/mol. The van der Waals surface area contributed by atoms with Gasteiger partial charge in [0.15, 0.2) is 0 Å². The van der Waals surface area contributed by atoms with Crippen molar-refractivity contribution in [1.29, 1.82) is 0 Å². The Morgan fingerprint density at radius 1 is 1.36 bits per heavy atom. The number of methoxy groups -OCH3 is 2. The Kier molecular flexibility index (Phi) is 5.80. The number of nitrogens with zero attached hydrogens (tertiary/aromatic N) is 2. The van der Waals surface area contributed by atoms with Crippen LogP contribution in [0.5, 0.6) is 5.75 Å². The highest BCUT2D eigenvalue weighted by Gasteiger charge is 2.10. The van der Waals surface area contributed by atoms with Gasteiger partial charge in [0.25, 0.3) is 0 Å². The molecule has 0 spiro atoms. The minimum atomic E-state index is 0.0789. The van der Waals surface area contributed by atoms with E-state index in [1.165, 1.54) is 0 Å². The fourth-order valence-corrected chi connectivity index (χ4v) is 2.33. The van der Waals surface area contributed by atoms with Crippen LogP contribution in [0.15, 0.2) is 30.6 Å². The van der Waals surface area contributed by atoms with E-state index in [1.54, 1.807) is 25.1 Å². The highest BCUT2D eigenvalue weighted by Crippen LogP contribution is 2.26. The zero-order valence-corrected chi connectivity index (χ0v) is 13.2. The monoisotopic (exact) mass is 305 g/mol. The van der Waals surface area contributed by atoms with Crippen molar-refractivity contribution in [3.05, 3.63) is 41.7 Å². The molecule has 0 aliphatic rings. The minimum absolute atomic E-state index is 0.0789. The van der Waals surface area contributed by atoms with E-state index in [9.17, 15) is 0 Å². The Morgan fingerprint density at radius 2 is 2.18 bits per heavy atom. The molecule has 2 N–H and O–H groups in total. The van der Waals surface area contributed by atoms with Gasteiger partial charge in [0, 0.05) is 24.9 Å². The molecule has 1 heterocycles. The van der Waals surface area contributed by atoms with Gasteiger partial charge in [0.05, 0.1) is 38.8 Å². The van der Waals surface area contributed by atoms with Crippen LogP contribution >= 0.6 is 0 Å². The lowest BCUT2D eigenvalue weighted by molar-refractivity contribution is 0.181. The summed E-state index contributed by atoms with van der Waals surface area (Å²) in [5, 5.41) is 16.5. The smallest absolute Gasteiger partial charge is 0.124 e. The van der Waals surface area contributed by atoms with E-state index in [0.717, 1.165) is 22.6 Å². The molecule has 2 aromatic rings. The number of aliphatic hydroxyl groups excluding tert-OH is 1. The van der Waals surface area contributed by atoms with Crippen LogP contribution in [0, 0.1) is 0 Å². The number of anilines is 1. The van der Waals surface area contributed by atoms with Gasteiger partial charge in [-0.2, -0.15) is 5.10 Å². The van der Waals surface area contributed by atoms with Crippen molar-refractivity contribution in [2.45, 2.75) is 26.1 Å². The highest BCUT2D eigenvalue weighted by atomic mass is 16.5. The van der Waals surface area contributed by atoms with E-state index in [0.29, 0.717) is 13.2 Å². The maximum atomic E-state index is 8.91. The first kappa shape index (κ1) is 16.3. The molecule has 1 atom stereocenters. The lowest BCUT2D eigenvalue weighted by atomic mass is 10.0. The van der Waals surface area contributed by atoms with E-state index in [4.69, 9.17) is 14.6 Å². The van der Waals surface area contributed by atoms with Crippen LogP contribution < -0.4 is 10.1 Å². The average Bonchev–Trinajstić information content (AvgIpc) is 2.95. The Hall–Kier alpha value is -2.05. The van der Waals surface area contributed by atoms with Gasteiger partial charge >= 0.3 is 0 Å². The largest absolute Gasteiger partial charge is 0.496 e. The van der Waals surface area contributed by atoms with E-state index >= 15 is 0 Å². The molecule has 0 aliphatic heterocycles. The van der Waals surface area contributed by atoms with Crippen LogP contribution in [0.4, 0.5) is 5.69 Å². The fraction of sp³-hybridized carbons (Fsp3) is 0.438. The molecule has 0 amide bonds. The van der Waals surface area contributed by atoms with Crippen molar-refractivity contribution in [1.82, 2.24) is 9.78 Å². The van der Waals surface area contributed by atoms with Crippen LogP contribution in [0.25, 0.3) is 0 Å². The van der Waals surface area contributed by atoms with Crippen molar-refractivity contribution in [3.63, 3.8) is 0 Å². The Morgan fingerprint density at radius 3 is 2.86 bits per heavy atom. The summed E-state index contributed by atoms with van der Waals surface area (Å²) >= 11 is 0. The molecule has 1 aromatic carbocycles. The molecular formula is C16H23N3O3. The van der Waals surface area contributed by atoms with Crippen molar-refractivity contribution < 1.29 is 14.6 Å². The number of rotatable bonds is 8. The summed E-state index contributed by atoms with van der Waals surface area (Å²) in [7, 11) is 3.33. The molecule has 0 aliphatic carbocycles. The number of ether oxygens (including phenoxy) is 2. The molecule has 0 bridgehead atoms. The lowest BCUT2D eigenvalue weighted by Gasteiger charge is -2.17. The van der Waals surface area contributed by atoms with Crippen LogP contribution in [-0.2, 0) is 17.9 Å². The lowest BCUT2D eigenvalue weighted by Crippen LogP contribution is -2.07. The summed E-state index contributed by atoms with van der Waals surface area (Å²) in [6.45, 7) is 3.17. The van der Waals surface area contributed by atoms with Gasteiger partial charge in [-0.25, -0.2) is 0 Å². The topological polar surface area (TPSA) is 68.5 Å². The molecule has 0 saturated heterocycles. The zero-order valence-electron chi connectivity index (χ0n) is 13.2. The van der Waals surface area contributed by atoms with Gasteiger partial charge in [0.1, 0.15) is 5.75 Å². The van der Waals surface area contributed by atoms with Crippen molar-refractivity contribution in [2.75, 3.05) is 26.1 Å². The number of nitrogens with one attached hydrogen (secondary N) is 1. The molecule has 6 heteroatoms. The van der Waals surface area contributed by atoms with E-state index in [2.05, 4.69) is 23.4 Å². The molecular weight excluding hydrogens is 282 g/mol. The third kappa shape index (κ3) is 3.99. The second kappa shape index (κ2) is 7.82. The average molecular weight is 305 g/mol. The second-order valence-corrected chi connectivity index (χ2v) is 5.09. The van der Waals surface area contributed by atoms with Gasteiger partial charge in [-0.3, -0.25) is 4.68 Å². The fourth-order valence-electron chi connectivity index (χ4n) is 2.33. The highest BCUT2D eigenvalue weighted by molar-refractivity contribution is 5.44. The van der Waals surface area contributed by atoms with Crippen LogP contribution in [0.3, 0.4) is 0 Å². The summed E-state index contributed by atoms with van der Waals surface area (Å²) < 4.78 is 12.3. The first-order valence-corrected chi connectivity index (χ1v) is 7.23. The van der Waals surface area contributed by atoms with E-state index < -0.39 is 0 Å². The molecule has 22 heavy (non-hydrogen) atoms. The SMILES string of the molecule is COCc1cc(C(C)Nc2cnn(CCO)c2)ccc1OC. The van der Waals surface area contributed by atoms with Crippen molar-refractivity contribution in [3.8, 4) is 5.75 Å². The van der Waals surface area contributed by atoms with E-state index in [1.807, 2.05) is 18.3 Å². The van der Waals surface area contributed by atoms with Crippen LogP contribution in [0.1, 0.15) is 24.1 Å². The van der Waals surface area contributed by atoms with Gasteiger partial charge in [-0.1, -0.05) is 6.07 Å². The molecule has 2 rings (SSSR count). The van der Waals surface area contributed by atoms with Crippen LogP contribution in [0.2, 0.25) is 0 Å². The number of aliphatic hydroxyl groups is 1. The molecule has 120 valence electrons. The van der Waals surface area contributed by atoms with Gasteiger partial charge in [-0.05, 0) is 24.6 Å². The molecule has 1 unspecified atom stereocenters. The first-order chi connectivity index (χ1) is 10.7. The molecule has 0 saturated carbocycles. The molecule has 0 radical (unpaired) electrons. The number of aromatic nitrogens is 2. The van der Waals surface area contributed by atoms with Gasteiger partial charge < -0.3 is 19.9 Å². The summed E-state index contributed by atoms with van der Waals surface area (Å²) in [6.07, 6.45) is 3.64. The normalized spacial score (nSPS) is 12.2. The second-order valence-electron chi connectivity index (χ2n) is 5.09. The van der Waals surface area contributed by atoms with Crippen molar-refractivity contribution >= 4 is 5.69 Å². The summed E-state index contributed by atoms with van der Waals surface area (Å²) in [5.41, 5.74) is 3.08. The number of benzene rings is 1. The predicted octanol–water partition coefficient (Wildman–Crippen LogP) is 2.20. The summed E-state index contributed by atoms with van der Waals surface area (Å²) in [4.78, 5) is 0. The molecule has 0 fully saturated rings. The molecule has 1 aromatic heterocycles. The number of hydrogen-bond donors (Lipinski definition) is 2. The third-order valence-electron chi connectivity index (χ3n) is 3.45. The van der Waals surface area contributed by atoms with Gasteiger partial charge in [0.2, 0.25) is 0 Å². The number of hydrogen-bond acceptors (Lipinski definition) is 5. The maximum Gasteiger partial charge on any atom is 0.124 e. The first-order valence-electron chi connectivity index (χ1n) is 7.23. The van der Waals surface area contributed by atoms with E-state index in [-0.39, 0.29) is 12.6 Å². The Bertz CT molecular complexity index is 598. The Labute approximate surface area is 130 Å². The van der Waals surface area contributed by atoms with Crippen molar-refractivity contribution in [2.24, 2.45) is 0 Å². The third-order valence-corrected chi connectivity index (χ3v) is 3.45. The maximum absolute atomic E-state index is 8.91. The van der Waals surface area contributed by atoms with Crippen LogP contribution in [-0.4, -0.2) is 35.7 Å². The summed E-state index contributed by atoms with van der Waals surface area (Å²) in [5.74, 6) is 0.827. The zero-order chi connectivity index (χ0) is 15.9. The minimum Gasteiger partial charge on any atom is -0.496 e. The quantitative estimate of drug-likeness (QED) is 0.782.